The molecule has 0 N–H and O–H groups in total. The summed E-state index contributed by atoms with van der Waals surface area (Å²) in [4.78, 5) is 22.6. The number of ether oxygens (including phenoxy) is 2. The number of carbonyl (C=O) groups excluding carboxylic acids is 2. The van der Waals surface area contributed by atoms with Gasteiger partial charge >= 0.3 is 19.5 Å². The Morgan fingerprint density at radius 3 is 2.00 bits per heavy atom. The summed E-state index contributed by atoms with van der Waals surface area (Å²) in [6.07, 6.45) is 4.43. The number of esters is 2. The Kier molecular flexibility index (Phi) is 13.0. The smallest absolute Gasteiger partial charge is 0.341 e. The predicted molar refractivity (Wildman–Crippen MR) is 86.4 cm³/mol. The lowest BCUT2D eigenvalue weighted by molar-refractivity contribution is -0.141. The van der Waals surface area contributed by atoms with Gasteiger partial charge in [0.15, 0.2) is 0 Å². The van der Waals surface area contributed by atoms with Crippen LogP contribution in [0.25, 0.3) is 0 Å². The number of hydrogen-bond donors (Lipinski definition) is 0. The molecule has 0 heterocycles. The Balaban J connectivity index is 3.70. The topological polar surface area (TPSA) is 88.1 Å². The fourth-order valence-electron chi connectivity index (χ4n) is 1.92. The Bertz CT molecular complexity index is 374. The molecule has 0 spiro atoms. The third kappa shape index (κ3) is 12.2. The molecule has 0 fully saturated rings. The van der Waals surface area contributed by atoms with E-state index in [-0.39, 0.29) is 32.0 Å². The number of unbranched alkanes of at least 4 members (excludes halogenated alkanes) is 4. The van der Waals surface area contributed by atoms with Gasteiger partial charge in [0, 0.05) is 6.42 Å². The molecule has 0 amide bonds. The monoisotopic (exact) mass is 352 g/mol. The van der Waals surface area contributed by atoms with Gasteiger partial charge in [-0.15, -0.1) is 0 Å². The summed E-state index contributed by atoms with van der Waals surface area (Å²) in [6.45, 7) is 4.11. The van der Waals surface area contributed by atoms with Crippen LogP contribution in [0.5, 0.6) is 0 Å². The van der Waals surface area contributed by atoms with Crippen LogP contribution in [-0.2, 0) is 32.7 Å². The van der Waals surface area contributed by atoms with E-state index < -0.39 is 13.6 Å². The molecule has 0 saturated carbocycles. The molecule has 136 valence electrons. The molecular formula is C15H29O7P. The maximum Gasteiger partial charge on any atom is 0.341 e. The fraction of sp³-hybridized carbons (Fsp3) is 0.867. The highest BCUT2D eigenvalue weighted by Crippen LogP contribution is 2.47. The lowest BCUT2D eigenvalue weighted by atomic mass is 10.1. The van der Waals surface area contributed by atoms with Crippen LogP contribution in [0.1, 0.15) is 52.4 Å². The number of methoxy groups -OCH3 is 1. The molecule has 23 heavy (non-hydrogen) atoms. The van der Waals surface area contributed by atoms with Crippen molar-refractivity contribution in [2.45, 2.75) is 52.4 Å². The molecule has 0 rings (SSSR count). The lowest BCUT2D eigenvalue weighted by Gasteiger charge is -2.16. The second kappa shape index (κ2) is 13.5. The van der Waals surface area contributed by atoms with Gasteiger partial charge in [-0.1, -0.05) is 19.3 Å². The van der Waals surface area contributed by atoms with Gasteiger partial charge in [-0.25, -0.2) is 0 Å². The molecule has 0 aliphatic heterocycles. The van der Waals surface area contributed by atoms with Gasteiger partial charge in [0.25, 0.3) is 0 Å². The van der Waals surface area contributed by atoms with Gasteiger partial charge in [0.05, 0.1) is 26.9 Å². The summed E-state index contributed by atoms with van der Waals surface area (Å²) in [7, 11) is -2.00. The van der Waals surface area contributed by atoms with Crippen LogP contribution in [0.2, 0.25) is 0 Å². The number of carbonyl (C=O) groups is 2. The first-order valence-corrected chi connectivity index (χ1v) is 9.80. The third-order valence-corrected chi connectivity index (χ3v) is 4.94. The standard InChI is InChI=1S/C15H29O7P/c1-4-21-23(18,22-5-2)13-15(17)20-12-10-8-6-7-9-11-14(16)19-3/h4-13H2,1-3H3. The van der Waals surface area contributed by atoms with Crippen LogP contribution in [0, 0.1) is 0 Å². The van der Waals surface area contributed by atoms with Crippen molar-refractivity contribution >= 4 is 19.5 Å². The van der Waals surface area contributed by atoms with E-state index in [4.69, 9.17) is 13.8 Å². The first-order chi connectivity index (χ1) is 11.0. The quantitative estimate of drug-likeness (QED) is 0.269. The molecule has 0 bridgehead atoms. The maximum absolute atomic E-state index is 12.1. The highest BCUT2D eigenvalue weighted by atomic mass is 31.2. The molecule has 8 heteroatoms. The van der Waals surface area contributed by atoms with Crippen LogP contribution in [0.15, 0.2) is 0 Å². The van der Waals surface area contributed by atoms with E-state index in [9.17, 15) is 14.2 Å². The van der Waals surface area contributed by atoms with Crippen molar-refractivity contribution in [3.63, 3.8) is 0 Å². The summed E-state index contributed by atoms with van der Waals surface area (Å²) in [5.74, 6) is -0.757. The average molecular weight is 352 g/mol. The molecule has 7 nitrogen and oxygen atoms in total. The van der Waals surface area contributed by atoms with Crippen LogP contribution in [-0.4, -0.2) is 45.0 Å². The van der Waals surface area contributed by atoms with Crippen LogP contribution in [0.3, 0.4) is 0 Å². The maximum atomic E-state index is 12.1. The second-order valence-electron chi connectivity index (χ2n) is 4.92. The van der Waals surface area contributed by atoms with Crippen LogP contribution in [0.4, 0.5) is 0 Å². The van der Waals surface area contributed by atoms with Crippen LogP contribution < -0.4 is 0 Å². The van der Waals surface area contributed by atoms with Gasteiger partial charge in [-0.05, 0) is 26.7 Å². The van der Waals surface area contributed by atoms with Crippen molar-refractivity contribution in [1.29, 1.82) is 0 Å². The van der Waals surface area contributed by atoms with Gasteiger partial charge in [-0.3, -0.25) is 14.2 Å². The number of rotatable bonds is 14. The van der Waals surface area contributed by atoms with Crippen molar-refractivity contribution < 1.29 is 32.7 Å². The van der Waals surface area contributed by atoms with Gasteiger partial charge in [-0.2, -0.15) is 0 Å². The Hall–Kier alpha value is -0.910. The molecular weight excluding hydrogens is 323 g/mol. The normalized spacial score (nSPS) is 11.3. The van der Waals surface area contributed by atoms with E-state index >= 15 is 0 Å². The van der Waals surface area contributed by atoms with Crippen LogP contribution >= 0.6 is 7.60 Å². The molecule has 0 aromatic carbocycles. The Morgan fingerprint density at radius 1 is 0.870 bits per heavy atom. The molecule has 0 aromatic rings. The largest absolute Gasteiger partial charge is 0.469 e. The minimum atomic E-state index is -3.38. The van der Waals surface area contributed by atoms with Crippen molar-refractivity contribution in [1.82, 2.24) is 0 Å². The highest BCUT2D eigenvalue weighted by molar-refractivity contribution is 7.54. The van der Waals surface area contributed by atoms with E-state index in [1.807, 2.05) is 0 Å². The van der Waals surface area contributed by atoms with Gasteiger partial charge < -0.3 is 18.5 Å². The zero-order valence-electron chi connectivity index (χ0n) is 14.4. The summed E-state index contributed by atoms with van der Waals surface area (Å²) in [5.41, 5.74) is 0. The zero-order valence-corrected chi connectivity index (χ0v) is 15.3. The molecule has 0 aliphatic carbocycles. The zero-order chi connectivity index (χ0) is 17.6. The van der Waals surface area contributed by atoms with E-state index in [2.05, 4.69) is 4.74 Å². The lowest BCUT2D eigenvalue weighted by Crippen LogP contribution is -2.14. The highest BCUT2D eigenvalue weighted by Gasteiger charge is 2.28. The van der Waals surface area contributed by atoms with E-state index in [1.165, 1.54) is 7.11 Å². The SMILES string of the molecule is CCOP(=O)(CC(=O)OCCCCCCCC(=O)OC)OCC. The molecule has 0 unspecified atom stereocenters. The summed E-state index contributed by atoms with van der Waals surface area (Å²) in [6, 6.07) is 0. The minimum absolute atomic E-state index is 0.188. The van der Waals surface area contributed by atoms with Crippen molar-refractivity contribution in [2.24, 2.45) is 0 Å². The average Bonchev–Trinajstić information content (AvgIpc) is 2.49. The third-order valence-electron chi connectivity index (χ3n) is 2.99. The van der Waals surface area contributed by atoms with E-state index in [0.29, 0.717) is 6.42 Å². The first kappa shape index (κ1) is 22.1. The summed E-state index contributed by atoms with van der Waals surface area (Å²) < 4.78 is 31.8. The predicted octanol–water partition coefficient (Wildman–Crippen LogP) is 3.31. The molecule has 0 aliphatic rings. The minimum Gasteiger partial charge on any atom is -0.469 e. The Morgan fingerprint density at radius 2 is 1.43 bits per heavy atom. The molecule has 0 atom stereocenters. The van der Waals surface area contributed by atoms with Crippen molar-refractivity contribution in [3.8, 4) is 0 Å². The van der Waals surface area contributed by atoms with Crippen molar-refractivity contribution in [3.05, 3.63) is 0 Å². The summed E-state index contributed by atoms with van der Waals surface area (Å²) >= 11 is 0. The van der Waals surface area contributed by atoms with Crippen molar-refractivity contribution in [2.75, 3.05) is 33.1 Å². The Labute approximate surface area is 138 Å². The van der Waals surface area contributed by atoms with E-state index in [1.54, 1.807) is 13.8 Å². The second-order valence-corrected chi connectivity index (χ2v) is 6.97. The van der Waals surface area contributed by atoms with Gasteiger partial charge in [0.2, 0.25) is 0 Å². The van der Waals surface area contributed by atoms with E-state index in [0.717, 1.165) is 32.1 Å². The summed E-state index contributed by atoms with van der Waals surface area (Å²) in [5, 5.41) is 0. The first-order valence-electron chi connectivity index (χ1n) is 8.08. The molecule has 0 aromatic heterocycles. The molecule has 0 saturated heterocycles. The molecule has 0 radical (unpaired) electrons. The van der Waals surface area contributed by atoms with Gasteiger partial charge in [0.1, 0.15) is 6.16 Å². The number of hydrogen-bond acceptors (Lipinski definition) is 7. The fourth-order valence-corrected chi connectivity index (χ4v) is 3.37.